The van der Waals surface area contributed by atoms with Crippen LogP contribution in [0.4, 0.5) is 0 Å². The zero-order chi connectivity index (χ0) is 16.9. The summed E-state index contributed by atoms with van der Waals surface area (Å²) < 4.78 is 4.60. The molecule has 0 amide bonds. The number of benzene rings is 2. The van der Waals surface area contributed by atoms with Gasteiger partial charge in [-0.25, -0.2) is 4.79 Å². The Labute approximate surface area is 130 Å². The Morgan fingerprint density at radius 1 is 1.00 bits per heavy atom. The van der Waals surface area contributed by atoms with Gasteiger partial charge in [0.05, 0.1) is 12.7 Å². The number of phenolic OH excluding ortho intramolecular Hbond substituents is 2. The average molecular weight is 312 g/mol. The molecule has 2 N–H and O–H groups in total. The molecule has 23 heavy (non-hydrogen) atoms. The number of methoxy groups -OCH3 is 1. The van der Waals surface area contributed by atoms with Gasteiger partial charge in [0.1, 0.15) is 17.1 Å². The van der Waals surface area contributed by atoms with E-state index in [-0.39, 0.29) is 39.1 Å². The first-order chi connectivity index (χ1) is 10.9. The Balaban J connectivity index is 2.36. The minimum absolute atomic E-state index is 0.0336. The van der Waals surface area contributed by atoms with E-state index < -0.39 is 23.3 Å². The minimum atomic E-state index is -0.801. The first kappa shape index (κ1) is 14.8. The monoisotopic (exact) mass is 312 g/mol. The standard InChI is InChI=1S/C17H12O6/c1-7-12-9(6-11(19)13(7)17(22)23-2)16(21)14-8(15(12)20)4-3-5-10(14)18/h3-6,18-19H,1-2H3. The number of aromatic hydroxyl groups is 2. The van der Waals surface area contributed by atoms with Gasteiger partial charge in [0.25, 0.3) is 0 Å². The SMILES string of the molecule is COC(=O)c1c(O)cc2c(c1C)C(=O)c1cccc(O)c1C2=O. The van der Waals surface area contributed by atoms with Crippen LogP contribution < -0.4 is 0 Å². The van der Waals surface area contributed by atoms with Gasteiger partial charge in [0.15, 0.2) is 11.6 Å². The van der Waals surface area contributed by atoms with Gasteiger partial charge in [0.2, 0.25) is 0 Å². The Morgan fingerprint density at radius 3 is 2.30 bits per heavy atom. The lowest BCUT2D eigenvalue weighted by Crippen LogP contribution is -2.23. The maximum Gasteiger partial charge on any atom is 0.341 e. The lowest BCUT2D eigenvalue weighted by molar-refractivity contribution is 0.0596. The van der Waals surface area contributed by atoms with Crippen LogP contribution in [0.3, 0.4) is 0 Å². The molecule has 2 aromatic rings. The van der Waals surface area contributed by atoms with Crippen LogP contribution in [0.2, 0.25) is 0 Å². The van der Waals surface area contributed by atoms with Gasteiger partial charge in [-0.15, -0.1) is 0 Å². The van der Waals surface area contributed by atoms with Crippen LogP contribution in [0.25, 0.3) is 0 Å². The second kappa shape index (κ2) is 4.95. The molecule has 0 aliphatic heterocycles. The maximum absolute atomic E-state index is 12.7. The van der Waals surface area contributed by atoms with Crippen LogP contribution in [0, 0.1) is 6.92 Å². The molecule has 0 atom stereocenters. The van der Waals surface area contributed by atoms with Crippen LogP contribution in [0.1, 0.15) is 47.8 Å². The lowest BCUT2D eigenvalue weighted by Gasteiger charge is -2.21. The molecule has 1 aliphatic carbocycles. The zero-order valence-corrected chi connectivity index (χ0v) is 12.3. The number of rotatable bonds is 1. The van der Waals surface area contributed by atoms with E-state index in [4.69, 9.17) is 0 Å². The molecule has 3 rings (SSSR count). The van der Waals surface area contributed by atoms with Crippen molar-refractivity contribution in [2.75, 3.05) is 7.11 Å². The molecule has 0 heterocycles. The highest BCUT2D eigenvalue weighted by atomic mass is 16.5. The van der Waals surface area contributed by atoms with Gasteiger partial charge < -0.3 is 14.9 Å². The summed E-state index contributed by atoms with van der Waals surface area (Å²) in [6, 6.07) is 5.26. The molecule has 0 spiro atoms. The predicted molar refractivity (Wildman–Crippen MR) is 79.2 cm³/mol. The van der Waals surface area contributed by atoms with Gasteiger partial charge in [-0.2, -0.15) is 0 Å². The third-order valence-corrected chi connectivity index (χ3v) is 3.93. The summed E-state index contributed by atoms with van der Waals surface area (Å²) in [5, 5.41) is 19.9. The third kappa shape index (κ3) is 1.92. The van der Waals surface area contributed by atoms with Crippen LogP contribution in [-0.4, -0.2) is 34.9 Å². The molecule has 0 unspecified atom stereocenters. The predicted octanol–water partition coefficient (Wildman–Crippen LogP) is 1.97. The minimum Gasteiger partial charge on any atom is -0.507 e. The number of ketones is 2. The van der Waals surface area contributed by atoms with Crippen LogP contribution in [0.15, 0.2) is 24.3 Å². The normalized spacial score (nSPS) is 12.6. The number of ether oxygens (including phenoxy) is 1. The zero-order valence-electron chi connectivity index (χ0n) is 12.3. The molecule has 0 saturated carbocycles. The number of carbonyl (C=O) groups is 3. The smallest absolute Gasteiger partial charge is 0.341 e. The van der Waals surface area contributed by atoms with Gasteiger partial charge in [-0.1, -0.05) is 12.1 Å². The van der Waals surface area contributed by atoms with Crippen LogP contribution in [-0.2, 0) is 4.74 Å². The van der Waals surface area contributed by atoms with Gasteiger partial charge >= 0.3 is 5.97 Å². The summed E-state index contributed by atoms with van der Waals surface area (Å²) in [6.07, 6.45) is 0. The molecular weight excluding hydrogens is 300 g/mol. The number of phenols is 2. The quantitative estimate of drug-likeness (QED) is 0.666. The Hall–Kier alpha value is -3.15. The first-order valence-corrected chi connectivity index (χ1v) is 6.74. The van der Waals surface area contributed by atoms with Crippen LogP contribution >= 0.6 is 0 Å². The van der Waals surface area contributed by atoms with Crippen molar-refractivity contribution in [3.8, 4) is 11.5 Å². The van der Waals surface area contributed by atoms with Crippen molar-refractivity contribution in [1.29, 1.82) is 0 Å². The average Bonchev–Trinajstić information content (AvgIpc) is 2.51. The third-order valence-electron chi connectivity index (χ3n) is 3.93. The Bertz CT molecular complexity index is 894. The van der Waals surface area contributed by atoms with E-state index in [1.807, 2.05) is 0 Å². The molecule has 116 valence electrons. The van der Waals surface area contributed by atoms with Gasteiger partial charge in [-0.05, 0) is 24.6 Å². The summed E-state index contributed by atoms with van der Waals surface area (Å²) in [4.78, 5) is 37.1. The molecule has 1 aliphatic rings. The molecule has 2 aromatic carbocycles. The summed E-state index contributed by atoms with van der Waals surface area (Å²) in [7, 11) is 1.15. The second-order valence-corrected chi connectivity index (χ2v) is 5.17. The number of esters is 1. The highest BCUT2D eigenvalue weighted by Crippen LogP contribution is 2.37. The molecule has 0 fully saturated rings. The largest absolute Gasteiger partial charge is 0.507 e. The fraction of sp³-hybridized carbons (Fsp3) is 0.118. The van der Waals surface area contributed by atoms with Crippen molar-refractivity contribution in [2.45, 2.75) is 6.92 Å². The van der Waals surface area contributed by atoms with Crippen molar-refractivity contribution in [3.05, 3.63) is 57.6 Å². The van der Waals surface area contributed by atoms with Gasteiger partial charge in [-0.3, -0.25) is 9.59 Å². The summed E-state index contributed by atoms with van der Waals surface area (Å²) in [5.41, 5.74) is -0.0464. The lowest BCUT2D eigenvalue weighted by atomic mass is 9.80. The van der Waals surface area contributed by atoms with Crippen molar-refractivity contribution in [2.24, 2.45) is 0 Å². The Kier molecular flexibility index (Phi) is 3.18. The number of hydrogen-bond acceptors (Lipinski definition) is 6. The molecule has 6 heteroatoms. The van der Waals surface area contributed by atoms with E-state index in [1.54, 1.807) is 0 Å². The molecule has 0 aromatic heterocycles. The van der Waals surface area contributed by atoms with Crippen molar-refractivity contribution >= 4 is 17.5 Å². The summed E-state index contributed by atoms with van der Waals surface area (Å²) in [6.45, 7) is 1.46. The molecular formula is C17H12O6. The van der Waals surface area contributed by atoms with E-state index in [9.17, 15) is 24.6 Å². The highest BCUT2D eigenvalue weighted by molar-refractivity contribution is 6.30. The number of fused-ring (bicyclic) bond motifs is 2. The second-order valence-electron chi connectivity index (χ2n) is 5.17. The first-order valence-electron chi connectivity index (χ1n) is 6.74. The van der Waals surface area contributed by atoms with E-state index in [2.05, 4.69) is 4.74 Å². The van der Waals surface area contributed by atoms with E-state index >= 15 is 0 Å². The fourth-order valence-electron chi connectivity index (χ4n) is 2.87. The van der Waals surface area contributed by atoms with Gasteiger partial charge in [0, 0.05) is 16.7 Å². The summed E-state index contributed by atoms with van der Waals surface area (Å²) >= 11 is 0. The molecule has 0 radical (unpaired) electrons. The van der Waals surface area contributed by atoms with Crippen molar-refractivity contribution in [1.82, 2.24) is 0 Å². The Morgan fingerprint density at radius 2 is 1.65 bits per heavy atom. The summed E-state index contributed by atoms with van der Waals surface area (Å²) in [5.74, 6) is -2.63. The van der Waals surface area contributed by atoms with Crippen molar-refractivity contribution < 1.29 is 29.3 Å². The fourth-order valence-corrected chi connectivity index (χ4v) is 2.87. The van der Waals surface area contributed by atoms with E-state index in [0.29, 0.717) is 0 Å². The topological polar surface area (TPSA) is 101 Å². The number of carbonyl (C=O) groups excluding carboxylic acids is 3. The highest BCUT2D eigenvalue weighted by Gasteiger charge is 2.35. The van der Waals surface area contributed by atoms with E-state index in [0.717, 1.165) is 13.2 Å². The molecule has 0 saturated heterocycles. The number of hydrogen-bond donors (Lipinski definition) is 2. The van der Waals surface area contributed by atoms with Crippen molar-refractivity contribution in [3.63, 3.8) is 0 Å². The maximum atomic E-state index is 12.7. The molecule has 6 nitrogen and oxygen atoms in total. The molecule has 0 bridgehead atoms. The van der Waals surface area contributed by atoms with Crippen LogP contribution in [0.5, 0.6) is 11.5 Å². The van der Waals surface area contributed by atoms with E-state index in [1.165, 1.54) is 25.1 Å².